The third-order valence-electron chi connectivity index (χ3n) is 5.03. The van der Waals surface area contributed by atoms with Gasteiger partial charge in [0.2, 0.25) is 0 Å². The number of hydrogen-bond acceptors (Lipinski definition) is 6. The number of benzene rings is 2. The summed E-state index contributed by atoms with van der Waals surface area (Å²) in [6, 6.07) is 11.0. The molecule has 0 aliphatic carbocycles. The van der Waals surface area contributed by atoms with Crippen molar-refractivity contribution >= 4 is 63.5 Å². The predicted octanol–water partition coefficient (Wildman–Crippen LogP) is 5.02. The first-order valence-electron chi connectivity index (χ1n) is 10.1. The van der Waals surface area contributed by atoms with Gasteiger partial charge in [0.15, 0.2) is 11.6 Å². The molecule has 1 aliphatic heterocycles. The molecule has 35 heavy (non-hydrogen) atoms. The molecule has 178 valence electrons. The summed E-state index contributed by atoms with van der Waals surface area (Å²) < 4.78 is 27.1. The number of carboxylic acid groups (broad SMARTS) is 1. The van der Waals surface area contributed by atoms with Gasteiger partial charge in [-0.25, -0.2) is 13.6 Å². The third-order valence-corrected chi connectivity index (χ3v) is 7.29. The van der Waals surface area contributed by atoms with Crippen molar-refractivity contribution in [1.82, 2.24) is 10.2 Å². The average molecular weight is 531 g/mol. The highest BCUT2D eigenvalue weighted by Crippen LogP contribution is 2.35. The number of nitrogens with zero attached hydrogens (tertiary/aromatic N) is 1. The molecule has 1 aromatic heterocycles. The van der Waals surface area contributed by atoms with Gasteiger partial charge in [-0.1, -0.05) is 30.0 Å². The number of halogens is 2. The molecule has 6 nitrogen and oxygen atoms in total. The smallest absolute Gasteiger partial charge is 0.335 e. The number of thioether (sulfide) groups is 1. The van der Waals surface area contributed by atoms with Gasteiger partial charge >= 0.3 is 5.97 Å². The molecule has 2 N–H and O–H groups in total. The van der Waals surface area contributed by atoms with Crippen molar-refractivity contribution in [2.24, 2.45) is 0 Å². The average Bonchev–Trinajstić information content (AvgIpc) is 3.40. The Kier molecular flexibility index (Phi) is 7.39. The number of carbonyl (C=O) groups is 3. The SMILES string of the molecule is O=C(O)c1ccc(C(=O)NCCN2C(=O)/C(=C/c3cc(-c4ccc(F)c(F)c4)cs3)SC2=S)cc1. The van der Waals surface area contributed by atoms with E-state index < -0.39 is 23.5 Å². The minimum atomic E-state index is -1.08. The fourth-order valence-corrected chi connectivity index (χ4v) is 5.45. The van der Waals surface area contributed by atoms with Crippen LogP contribution in [-0.2, 0) is 4.79 Å². The molecule has 2 aromatic carbocycles. The number of aromatic carboxylic acids is 1. The van der Waals surface area contributed by atoms with Crippen LogP contribution in [-0.4, -0.2) is 45.2 Å². The molecule has 4 rings (SSSR count). The molecule has 0 saturated carbocycles. The summed E-state index contributed by atoms with van der Waals surface area (Å²) in [6.07, 6.45) is 1.69. The highest BCUT2D eigenvalue weighted by Gasteiger charge is 2.31. The van der Waals surface area contributed by atoms with Crippen molar-refractivity contribution in [3.63, 3.8) is 0 Å². The quantitative estimate of drug-likeness (QED) is 0.330. The topological polar surface area (TPSA) is 86.7 Å². The van der Waals surface area contributed by atoms with Crippen LogP contribution in [0.1, 0.15) is 25.6 Å². The van der Waals surface area contributed by atoms with Crippen LogP contribution in [0.4, 0.5) is 8.78 Å². The molecule has 0 spiro atoms. The van der Waals surface area contributed by atoms with Gasteiger partial charge in [0.1, 0.15) is 4.32 Å². The zero-order valence-electron chi connectivity index (χ0n) is 17.8. The van der Waals surface area contributed by atoms with E-state index in [9.17, 15) is 23.2 Å². The Bertz CT molecular complexity index is 1370. The van der Waals surface area contributed by atoms with Gasteiger partial charge in [-0.2, -0.15) is 0 Å². The Hall–Kier alpha value is -3.41. The first-order chi connectivity index (χ1) is 16.7. The normalized spacial score (nSPS) is 14.6. The molecule has 0 bridgehead atoms. The number of rotatable bonds is 7. The molecular weight excluding hydrogens is 514 g/mol. The number of thiophene rings is 1. The van der Waals surface area contributed by atoms with E-state index in [1.165, 1.54) is 46.6 Å². The summed E-state index contributed by atoms with van der Waals surface area (Å²) in [5.41, 5.74) is 1.61. The molecule has 2 heterocycles. The molecular formula is C24H16F2N2O4S3. The Morgan fingerprint density at radius 2 is 1.74 bits per heavy atom. The largest absolute Gasteiger partial charge is 0.478 e. The third kappa shape index (κ3) is 5.64. The van der Waals surface area contributed by atoms with Crippen molar-refractivity contribution in [3.8, 4) is 11.1 Å². The van der Waals surface area contributed by atoms with Crippen LogP contribution in [0.5, 0.6) is 0 Å². The number of carbonyl (C=O) groups excluding carboxylic acids is 2. The van der Waals surface area contributed by atoms with E-state index in [0.29, 0.717) is 25.9 Å². The summed E-state index contributed by atoms with van der Waals surface area (Å²) in [5.74, 6) is -3.61. The predicted molar refractivity (Wildman–Crippen MR) is 135 cm³/mol. The van der Waals surface area contributed by atoms with Gasteiger partial charge in [0.25, 0.3) is 11.8 Å². The van der Waals surface area contributed by atoms with Crippen molar-refractivity contribution in [2.75, 3.05) is 13.1 Å². The fourth-order valence-electron chi connectivity index (χ4n) is 3.23. The lowest BCUT2D eigenvalue weighted by Gasteiger charge is -2.14. The number of thiocarbonyl (C=S) groups is 1. The lowest BCUT2D eigenvalue weighted by molar-refractivity contribution is -0.122. The number of nitrogens with one attached hydrogen (secondary N) is 1. The molecule has 0 atom stereocenters. The first kappa shape index (κ1) is 24.7. The Balaban J connectivity index is 1.36. The number of carboxylic acids is 1. The van der Waals surface area contributed by atoms with Gasteiger partial charge in [-0.15, -0.1) is 11.3 Å². The van der Waals surface area contributed by atoms with Crippen molar-refractivity contribution < 1.29 is 28.3 Å². The highest BCUT2D eigenvalue weighted by atomic mass is 32.2. The number of amides is 2. The summed E-state index contributed by atoms with van der Waals surface area (Å²) in [7, 11) is 0. The Labute approximate surface area is 212 Å². The molecule has 2 amide bonds. The molecule has 0 unspecified atom stereocenters. The minimum Gasteiger partial charge on any atom is -0.478 e. The highest BCUT2D eigenvalue weighted by molar-refractivity contribution is 8.26. The van der Waals surface area contributed by atoms with Gasteiger partial charge in [-0.3, -0.25) is 14.5 Å². The monoisotopic (exact) mass is 530 g/mol. The standard InChI is InChI=1S/C24H16F2N2O4S3/c25-18-6-5-15(10-19(18)26)16-9-17(34-12-16)11-20-22(30)28(24(33)35-20)8-7-27-21(29)13-1-3-14(4-2-13)23(31)32/h1-6,9-12H,7-8H2,(H,27,29)(H,31,32)/b20-11-. The van der Waals surface area contributed by atoms with Gasteiger partial charge in [0.05, 0.1) is 10.5 Å². The first-order valence-corrected chi connectivity index (χ1v) is 12.2. The zero-order valence-corrected chi connectivity index (χ0v) is 20.2. The van der Waals surface area contributed by atoms with Crippen molar-refractivity contribution in [1.29, 1.82) is 0 Å². The summed E-state index contributed by atoms with van der Waals surface area (Å²) in [4.78, 5) is 38.6. The van der Waals surface area contributed by atoms with E-state index in [-0.39, 0.29) is 24.6 Å². The van der Waals surface area contributed by atoms with Crippen LogP contribution in [0.3, 0.4) is 0 Å². The van der Waals surface area contributed by atoms with E-state index in [1.54, 1.807) is 17.5 Å². The van der Waals surface area contributed by atoms with E-state index in [2.05, 4.69) is 5.32 Å². The van der Waals surface area contributed by atoms with Crippen LogP contribution in [0, 0.1) is 11.6 Å². The second-order valence-electron chi connectivity index (χ2n) is 7.34. The van der Waals surface area contributed by atoms with E-state index in [4.69, 9.17) is 17.3 Å². The lowest BCUT2D eigenvalue weighted by Crippen LogP contribution is -2.37. The van der Waals surface area contributed by atoms with Crippen LogP contribution < -0.4 is 5.32 Å². The zero-order chi connectivity index (χ0) is 25.1. The maximum absolute atomic E-state index is 13.5. The van der Waals surface area contributed by atoms with E-state index >= 15 is 0 Å². The Morgan fingerprint density at radius 3 is 2.43 bits per heavy atom. The van der Waals surface area contributed by atoms with Crippen molar-refractivity contribution in [3.05, 3.63) is 86.5 Å². The van der Waals surface area contributed by atoms with Gasteiger partial charge in [-0.05, 0) is 65.0 Å². The van der Waals surface area contributed by atoms with Crippen LogP contribution >= 0.6 is 35.3 Å². The fraction of sp³-hybridized carbons (Fsp3) is 0.0833. The van der Waals surface area contributed by atoms with Gasteiger partial charge < -0.3 is 10.4 Å². The summed E-state index contributed by atoms with van der Waals surface area (Å²) in [5, 5.41) is 13.4. The van der Waals surface area contributed by atoms with Crippen LogP contribution in [0.2, 0.25) is 0 Å². The van der Waals surface area contributed by atoms with Crippen LogP contribution in [0.25, 0.3) is 17.2 Å². The van der Waals surface area contributed by atoms with Gasteiger partial charge in [0, 0.05) is 23.5 Å². The van der Waals surface area contributed by atoms with Crippen molar-refractivity contribution in [2.45, 2.75) is 0 Å². The second kappa shape index (κ2) is 10.5. The number of hydrogen-bond donors (Lipinski definition) is 2. The molecule has 11 heteroatoms. The lowest BCUT2D eigenvalue weighted by atomic mass is 10.1. The molecule has 3 aromatic rings. The molecule has 1 fully saturated rings. The molecule has 1 aliphatic rings. The summed E-state index contributed by atoms with van der Waals surface area (Å²) >= 11 is 7.81. The summed E-state index contributed by atoms with van der Waals surface area (Å²) in [6.45, 7) is 0.323. The molecule has 0 radical (unpaired) electrons. The molecule has 1 saturated heterocycles. The van der Waals surface area contributed by atoms with Crippen LogP contribution in [0.15, 0.2) is 58.8 Å². The maximum Gasteiger partial charge on any atom is 0.335 e. The maximum atomic E-state index is 13.5. The Morgan fingerprint density at radius 1 is 1.03 bits per heavy atom. The minimum absolute atomic E-state index is 0.0774. The second-order valence-corrected chi connectivity index (χ2v) is 9.96. The van der Waals surface area contributed by atoms with E-state index in [1.807, 2.05) is 0 Å². The van der Waals surface area contributed by atoms with E-state index in [0.717, 1.165) is 28.8 Å².